The predicted octanol–water partition coefficient (Wildman–Crippen LogP) is 0.519. The Bertz CT molecular complexity index is 419. The van der Waals surface area contributed by atoms with Crippen LogP contribution in [0.25, 0.3) is 0 Å². The summed E-state index contributed by atoms with van der Waals surface area (Å²) in [5.41, 5.74) is 5.94. The Morgan fingerprint density at radius 3 is 3.22 bits per heavy atom. The van der Waals surface area contributed by atoms with Gasteiger partial charge < -0.3 is 20.4 Å². The lowest BCUT2D eigenvalue weighted by atomic mass is 10.1. The van der Waals surface area contributed by atoms with Crippen molar-refractivity contribution in [3.8, 4) is 5.88 Å². The minimum absolute atomic E-state index is 0.0514. The van der Waals surface area contributed by atoms with Gasteiger partial charge in [0.1, 0.15) is 6.61 Å². The quantitative estimate of drug-likeness (QED) is 0.350. The molecular weight excluding hydrogens is 236 g/mol. The molecule has 2 heterocycles. The molecule has 0 radical (unpaired) electrons. The Kier molecular flexibility index (Phi) is 4.30. The Balaban J connectivity index is 2.00. The maximum absolute atomic E-state index is 8.66. The zero-order valence-corrected chi connectivity index (χ0v) is 9.95. The highest BCUT2D eigenvalue weighted by atomic mass is 16.5. The Morgan fingerprint density at radius 1 is 1.61 bits per heavy atom. The van der Waals surface area contributed by atoms with Crippen molar-refractivity contribution in [1.29, 1.82) is 0 Å². The van der Waals surface area contributed by atoms with Crippen molar-refractivity contribution in [2.75, 3.05) is 13.2 Å². The fourth-order valence-corrected chi connectivity index (χ4v) is 1.78. The van der Waals surface area contributed by atoms with E-state index in [2.05, 4.69) is 15.4 Å². The van der Waals surface area contributed by atoms with Gasteiger partial charge in [-0.3, -0.25) is 0 Å². The minimum atomic E-state index is -0.0514. The molecule has 0 aliphatic carbocycles. The van der Waals surface area contributed by atoms with Crippen molar-refractivity contribution < 1.29 is 14.7 Å². The normalized spacial score (nSPS) is 20.7. The molecule has 2 rings (SSSR count). The topological polar surface area (TPSA) is 103 Å². The summed E-state index contributed by atoms with van der Waals surface area (Å²) in [6, 6.07) is 1.58. The summed E-state index contributed by atoms with van der Waals surface area (Å²) >= 11 is 0. The van der Waals surface area contributed by atoms with Crippen molar-refractivity contribution in [3.05, 3.63) is 17.8 Å². The van der Waals surface area contributed by atoms with E-state index in [0.717, 1.165) is 25.9 Å². The lowest BCUT2D eigenvalue weighted by Gasteiger charge is -2.22. The highest BCUT2D eigenvalue weighted by molar-refractivity contribution is 5.98. The second-order valence-corrected chi connectivity index (χ2v) is 4.03. The fourth-order valence-electron chi connectivity index (χ4n) is 1.78. The monoisotopic (exact) mass is 252 g/mol. The van der Waals surface area contributed by atoms with Crippen LogP contribution in [0.2, 0.25) is 0 Å². The third kappa shape index (κ3) is 3.07. The molecule has 1 aromatic heterocycles. The van der Waals surface area contributed by atoms with E-state index < -0.39 is 0 Å². The van der Waals surface area contributed by atoms with E-state index >= 15 is 0 Å². The molecule has 1 aliphatic heterocycles. The molecule has 1 unspecified atom stereocenters. The van der Waals surface area contributed by atoms with Crippen molar-refractivity contribution in [2.45, 2.75) is 25.4 Å². The molecule has 1 aromatic rings. The number of rotatable bonds is 4. The molecule has 3 N–H and O–H groups in total. The van der Waals surface area contributed by atoms with Gasteiger partial charge in [0.05, 0.1) is 17.9 Å². The first-order valence-corrected chi connectivity index (χ1v) is 5.85. The van der Waals surface area contributed by atoms with Gasteiger partial charge in [-0.1, -0.05) is 5.16 Å². The molecule has 7 heteroatoms. The second kappa shape index (κ2) is 6.15. The van der Waals surface area contributed by atoms with E-state index in [0.29, 0.717) is 12.2 Å². The van der Waals surface area contributed by atoms with Crippen LogP contribution in [-0.4, -0.2) is 40.6 Å². The predicted molar refractivity (Wildman–Crippen MR) is 63.6 cm³/mol. The molecule has 0 spiro atoms. The minimum Gasteiger partial charge on any atom is -0.473 e. The first-order chi connectivity index (χ1) is 8.81. The molecule has 0 bridgehead atoms. The van der Waals surface area contributed by atoms with E-state index in [1.807, 2.05) is 0 Å². The van der Waals surface area contributed by atoms with Gasteiger partial charge in [0.25, 0.3) is 0 Å². The summed E-state index contributed by atoms with van der Waals surface area (Å²) in [4.78, 5) is 0. The number of hydrogen-bond donors (Lipinski definition) is 2. The van der Waals surface area contributed by atoms with Crippen LogP contribution in [0.3, 0.4) is 0 Å². The van der Waals surface area contributed by atoms with Crippen molar-refractivity contribution >= 4 is 5.84 Å². The average molecular weight is 252 g/mol. The maximum atomic E-state index is 8.66. The van der Waals surface area contributed by atoms with E-state index in [4.69, 9.17) is 20.4 Å². The van der Waals surface area contributed by atoms with Crippen LogP contribution in [0.5, 0.6) is 5.88 Å². The van der Waals surface area contributed by atoms with Gasteiger partial charge in [-0.15, -0.1) is 5.10 Å². The molecule has 0 saturated carbocycles. The zero-order chi connectivity index (χ0) is 12.8. The number of nitrogens with two attached hydrogens (primary N) is 1. The lowest BCUT2D eigenvalue weighted by molar-refractivity contribution is -0.0121. The van der Waals surface area contributed by atoms with Crippen LogP contribution in [0.4, 0.5) is 0 Å². The van der Waals surface area contributed by atoms with E-state index in [1.165, 1.54) is 6.20 Å². The Morgan fingerprint density at radius 2 is 2.50 bits per heavy atom. The largest absolute Gasteiger partial charge is 0.473 e. The van der Waals surface area contributed by atoms with Gasteiger partial charge >= 0.3 is 0 Å². The van der Waals surface area contributed by atoms with Crippen LogP contribution >= 0.6 is 0 Å². The van der Waals surface area contributed by atoms with Gasteiger partial charge in [-0.05, 0) is 25.3 Å². The number of oxime groups is 1. The van der Waals surface area contributed by atoms with Gasteiger partial charge in [0.2, 0.25) is 5.88 Å². The van der Waals surface area contributed by atoms with Gasteiger partial charge in [-0.25, -0.2) is 0 Å². The smallest absolute Gasteiger partial charge is 0.244 e. The maximum Gasteiger partial charge on any atom is 0.244 e. The van der Waals surface area contributed by atoms with Gasteiger partial charge in [0.15, 0.2) is 5.84 Å². The molecule has 0 aromatic carbocycles. The molecule has 18 heavy (non-hydrogen) atoms. The van der Waals surface area contributed by atoms with Crippen LogP contribution < -0.4 is 10.5 Å². The van der Waals surface area contributed by atoms with Crippen LogP contribution in [0.15, 0.2) is 17.4 Å². The molecule has 98 valence electrons. The van der Waals surface area contributed by atoms with Crippen molar-refractivity contribution in [3.63, 3.8) is 0 Å². The SMILES string of the molecule is N/C(=N/O)c1ccnnc1OCC1CCCCO1. The number of ether oxygens (including phenoxy) is 2. The van der Waals surface area contributed by atoms with Crippen molar-refractivity contribution in [2.24, 2.45) is 10.9 Å². The molecule has 0 amide bonds. The summed E-state index contributed by atoms with van der Waals surface area (Å²) in [6.07, 6.45) is 4.73. The van der Waals surface area contributed by atoms with Crippen LogP contribution in [-0.2, 0) is 4.74 Å². The van der Waals surface area contributed by atoms with E-state index in [1.54, 1.807) is 6.07 Å². The zero-order valence-electron chi connectivity index (χ0n) is 9.95. The third-order valence-electron chi connectivity index (χ3n) is 2.75. The number of hydrogen-bond acceptors (Lipinski definition) is 6. The molecule has 1 atom stereocenters. The summed E-state index contributed by atoms with van der Waals surface area (Å²) < 4.78 is 11.1. The van der Waals surface area contributed by atoms with Gasteiger partial charge in [-0.2, -0.15) is 5.10 Å². The van der Waals surface area contributed by atoms with Crippen LogP contribution in [0, 0.1) is 0 Å². The summed E-state index contributed by atoms with van der Waals surface area (Å²) in [5, 5.41) is 19.1. The Hall–Kier alpha value is -1.89. The van der Waals surface area contributed by atoms with E-state index in [-0.39, 0.29) is 17.8 Å². The summed E-state index contributed by atoms with van der Waals surface area (Å²) in [5.74, 6) is 0.200. The fraction of sp³-hybridized carbons (Fsp3) is 0.545. The number of nitrogens with zero attached hydrogens (tertiary/aromatic N) is 3. The second-order valence-electron chi connectivity index (χ2n) is 4.03. The molecule has 7 nitrogen and oxygen atoms in total. The average Bonchev–Trinajstić information content (AvgIpc) is 2.45. The first-order valence-electron chi connectivity index (χ1n) is 5.85. The lowest BCUT2D eigenvalue weighted by Crippen LogP contribution is -2.27. The third-order valence-corrected chi connectivity index (χ3v) is 2.75. The molecule has 1 saturated heterocycles. The highest BCUT2D eigenvalue weighted by Gasteiger charge is 2.17. The summed E-state index contributed by atoms with van der Waals surface area (Å²) in [7, 11) is 0. The van der Waals surface area contributed by atoms with Crippen molar-refractivity contribution in [1.82, 2.24) is 10.2 Å². The molecule has 1 fully saturated rings. The molecule has 1 aliphatic rings. The number of aromatic nitrogens is 2. The summed E-state index contributed by atoms with van der Waals surface area (Å²) in [6.45, 7) is 1.16. The standard InChI is InChI=1S/C11H16N4O3/c12-10(15-16)9-4-5-13-14-11(9)18-7-8-3-1-2-6-17-8/h4-5,8,16H,1-3,6-7H2,(H2,12,15). The molecular formula is C11H16N4O3. The van der Waals surface area contributed by atoms with Gasteiger partial charge in [0, 0.05) is 6.61 Å². The Labute approximate surface area is 105 Å². The van der Waals surface area contributed by atoms with E-state index in [9.17, 15) is 0 Å². The highest BCUT2D eigenvalue weighted by Crippen LogP contribution is 2.17. The number of amidine groups is 1. The first kappa shape index (κ1) is 12.6. The van der Waals surface area contributed by atoms with Crippen LogP contribution in [0.1, 0.15) is 24.8 Å².